The summed E-state index contributed by atoms with van der Waals surface area (Å²) in [5.74, 6) is 0.130. The number of nitrogens with zero attached hydrogens (tertiary/aromatic N) is 4. The number of amides is 4. The minimum Gasteiger partial charge on any atom is -0.442 e. The highest BCUT2D eigenvalue weighted by molar-refractivity contribution is 5.90. The molecule has 3 fully saturated rings. The fraction of sp³-hybridized carbons (Fsp3) is 0.778. The van der Waals surface area contributed by atoms with E-state index in [1.807, 2.05) is 4.90 Å². The van der Waals surface area contributed by atoms with Crippen molar-refractivity contribution in [1.29, 1.82) is 0 Å². The van der Waals surface area contributed by atoms with Gasteiger partial charge >= 0.3 is 12.1 Å². The summed E-state index contributed by atoms with van der Waals surface area (Å²) in [5.41, 5.74) is 1.85. The largest absolute Gasteiger partial charge is 0.442 e. The van der Waals surface area contributed by atoms with Crippen molar-refractivity contribution in [3.05, 3.63) is 0 Å². The topological polar surface area (TPSA) is 124 Å². The van der Waals surface area contributed by atoms with E-state index in [-0.39, 0.29) is 12.1 Å². The van der Waals surface area contributed by atoms with E-state index in [0.29, 0.717) is 49.8 Å². The molecule has 2 bridgehead atoms. The lowest BCUT2D eigenvalue weighted by atomic mass is 10.0. The van der Waals surface area contributed by atoms with Crippen LogP contribution in [0.15, 0.2) is 4.99 Å². The van der Waals surface area contributed by atoms with Gasteiger partial charge in [0.15, 0.2) is 0 Å². The zero-order valence-corrected chi connectivity index (χ0v) is 17.3. The smallest absolute Gasteiger partial charge is 0.435 e. The maximum Gasteiger partial charge on any atom is 0.435 e. The molecule has 2 N–H and O–H groups in total. The molecule has 0 aromatic carbocycles. The van der Waals surface area contributed by atoms with Crippen LogP contribution in [-0.2, 0) is 14.4 Å². The van der Waals surface area contributed by atoms with Gasteiger partial charge in [-0.15, -0.1) is 0 Å². The Bertz CT molecular complexity index is 705. The maximum absolute atomic E-state index is 12.5. The number of ether oxygens (including phenoxy) is 1. The predicted octanol–water partition coefficient (Wildman–Crippen LogP) is 1.12. The number of rotatable bonds is 3. The summed E-state index contributed by atoms with van der Waals surface area (Å²) >= 11 is 0. The zero-order chi connectivity index (χ0) is 21.3. The van der Waals surface area contributed by atoms with E-state index in [4.69, 9.17) is 9.57 Å². The first-order valence-corrected chi connectivity index (χ1v) is 9.82. The van der Waals surface area contributed by atoms with Crippen LogP contribution in [0.25, 0.3) is 0 Å². The van der Waals surface area contributed by atoms with Crippen LogP contribution in [0.3, 0.4) is 0 Å². The van der Waals surface area contributed by atoms with Crippen LogP contribution in [0.2, 0.25) is 0 Å². The average molecular weight is 411 g/mol. The number of fused-ring (bicyclic) bond motifs is 2. The molecule has 162 valence electrons. The van der Waals surface area contributed by atoms with Crippen LogP contribution >= 0.6 is 0 Å². The Balaban J connectivity index is 1.46. The van der Waals surface area contributed by atoms with Crippen LogP contribution < -0.4 is 5.48 Å². The van der Waals surface area contributed by atoms with E-state index in [1.165, 1.54) is 4.90 Å². The van der Waals surface area contributed by atoms with Gasteiger partial charge in [0.25, 0.3) is 5.91 Å². The third-order valence-corrected chi connectivity index (χ3v) is 5.22. The number of urea groups is 1. The quantitative estimate of drug-likeness (QED) is 0.309. The van der Waals surface area contributed by atoms with Crippen molar-refractivity contribution >= 4 is 23.9 Å². The molecule has 3 heterocycles. The fourth-order valence-corrected chi connectivity index (χ4v) is 3.74. The standard InChI is InChI=1S/C18H29N5O6/c1-11(19-16(25)28-18(2,3)4)21-8-7-13(10-21)29-20-15(24)14-6-5-12-9-22(14)17(26)23(12)27/h12-14,27H,5-10H2,1-4H3,(H,20,24)/b19-11+/t12-,13+,14+/m1/s1. The van der Waals surface area contributed by atoms with Crippen molar-refractivity contribution in [3.8, 4) is 0 Å². The number of hydrogen-bond donors (Lipinski definition) is 2. The Kier molecular flexibility index (Phi) is 5.99. The van der Waals surface area contributed by atoms with Gasteiger partial charge in [0.2, 0.25) is 0 Å². The van der Waals surface area contributed by atoms with Crippen LogP contribution in [0.4, 0.5) is 9.59 Å². The van der Waals surface area contributed by atoms with Gasteiger partial charge in [-0.2, -0.15) is 4.99 Å². The Morgan fingerprint density at radius 3 is 2.62 bits per heavy atom. The van der Waals surface area contributed by atoms with Crippen LogP contribution in [-0.4, -0.2) is 87.4 Å². The first-order valence-electron chi connectivity index (χ1n) is 9.82. The van der Waals surface area contributed by atoms with E-state index in [2.05, 4.69) is 10.5 Å². The van der Waals surface area contributed by atoms with Crippen molar-refractivity contribution in [2.45, 2.75) is 70.7 Å². The third-order valence-electron chi connectivity index (χ3n) is 5.22. The maximum atomic E-state index is 12.5. The Morgan fingerprint density at radius 2 is 1.93 bits per heavy atom. The van der Waals surface area contributed by atoms with Gasteiger partial charge in [-0.05, 0) is 47.0 Å². The van der Waals surface area contributed by atoms with E-state index in [0.717, 1.165) is 0 Å². The number of likely N-dealkylation sites (tertiary alicyclic amines) is 1. The van der Waals surface area contributed by atoms with Gasteiger partial charge in [0, 0.05) is 19.6 Å². The van der Waals surface area contributed by atoms with Crippen LogP contribution in [0.5, 0.6) is 0 Å². The van der Waals surface area contributed by atoms with Gasteiger partial charge < -0.3 is 14.5 Å². The highest BCUT2D eigenvalue weighted by Crippen LogP contribution is 2.28. The number of hydrogen-bond acceptors (Lipinski definition) is 6. The second kappa shape index (κ2) is 8.15. The number of amidine groups is 1. The van der Waals surface area contributed by atoms with E-state index < -0.39 is 29.7 Å². The molecule has 0 unspecified atom stereocenters. The van der Waals surface area contributed by atoms with Crippen molar-refractivity contribution in [2.24, 2.45) is 4.99 Å². The molecule has 0 aromatic heterocycles. The van der Waals surface area contributed by atoms with Crippen LogP contribution in [0.1, 0.15) is 47.0 Å². The second-order valence-corrected chi connectivity index (χ2v) is 8.61. The molecule has 3 aliphatic rings. The summed E-state index contributed by atoms with van der Waals surface area (Å²) in [6, 6.07) is -1.44. The highest BCUT2D eigenvalue weighted by atomic mass is 16.7. The Hall–Kier alpha value is -2.40. The van der Waals surface area contributed by atoms with Gasteiger partial charge in [-0.1, -0.05) is 0 Å². The van der Waals surface area contributed by atoms with Crippen molar-refractivity contribution < 1.29 is 29.2 Å². The van der Waals surface area contributed by atoms with E-state index in [9.17, 15) is 19.6 Å². The van der Waals surface area contributed by atoms with Crippen LogP contribution in [0, 0.1) is 0 Å². The molecule has 0 radical (unpaired) electrons. The molecule has 0 saturated carbocycles. The fourth-order valence-electron chi connectivity index (χ4n) is 3.74. The monoisotopic (exact) mass is 411 g/mol. The van der Waals surface area contributed by atoms with Gasteiger partial charge in [0.05, 0.1) is 6.04 Å². The number of hydroxylamine groups is 3. The number of piperidine rings is 1. The molecule has 0 aromatic rings. The summed E-state index contributed by atoms with van der Waals surface area (Å²) in [6.07, 6.45) is 0.788. The van der Waals surface area contributed by atoms with Gasteiger partial charge in [-0.25, -0.2) is 20.1 Å². The summed E-state index contributed by atoms with van der Waals surface area (Å²) in [5, 5.41) is 10.4. The predicted molar refractivity (Wildman–Crippen MR) is 101 cm³/mol. The minimum atomic E-state index is -0.649. The first kappa shape index (κ1) is 21.3. The molecule has 3 aliphatic heterocycles. The normalized spacial score (nSPS) is 27.5. The first-order chi connectivity index (χ1) is 13.5. The Morgan fingerprint density at radius 1 is 1.21 bits per heavy atom. The van der Waals surface area contributed by atoms with Crippen molar-refractivity contribution in [2.75, 3.05) is 19.6 Å². The molecule has 11 heteroatoms. The number of nitrogens with one attached hydrogen (secondary N) is 1. The zero-order valence-electron chi connectivity index (χ0n) is 17.3. The summed E-state index contributed by atoms with van der Waals surface area (Å²) in [6.45, 7) is 8.50. The molecule has 3 saturated heterocycles. The minimum absolute atomic E-state index is 0.247. The summed E-state index contributed by atoms with van der Waals surface area (Å²) in [4.78, 5) is 49.0. The molecular weight excluding hydrogens is 382 g/mol. The molecule has 3 rings (SSSR count). The van der Waals surface area contributed by atoms with Gasteiger partial charge in [-0.3, -0.25) is 14.8 Å². The van der Waals surface area contributed by atoms with Crippen molar-refractivity contribution in [1.82, 2.24) is 20.3 Å². The molecular formula is C18H29N5O6. The third kappa shape index (κ3) is 4.96. The lowest BCUT2D eigenvalue weighted by molar-refractivity contribution is -0.143. The Labute approximate surface area is 169 Å². The summed E-state index contributed by atoms with van der Waals surface area (Å²) < 4.78 is 5.19. The number of carbonyl (C=O) groups is 3. The summed E-state index contributed by atoms with van der Waals surface area (Å²) in [7, 11) is 0. The lowest BCUT2D eigenvalue weighted by Gasteiger charge is -2.29. The van der Waals surface area contributed by atoms with E-state index in [1.54, 1.807) is 27.7 Å². The lowest BCUT2D eigenvalue weighted by Crippen LogP contribution is -2.50. The highest BCUT2D eigenvalue weighted by Gasteiger charge is 2.47. The molecule has 3 atom stereocenters. The average Bonchev–Trinajstić information content (AvgIpc) is 3.19. The number of carbonyl (C=O) groups excluding carboxylic acids is 3. The van der Waals surface area contributed by atoms with E-state index >= 15 is 0 Å². The van der Waals surface area contributed by atoms with Crippen molar-refractivity contribution in [3.63, 3.8) is 0 Å². The van der Waals surface area contributed by atoms with Gasteiger partial charge in [0.1, 0.15) is 23.6 Å². The SMILES string of the molecule is C/C(=N\C(=O)OC(C)(C)C)N1CC[C@H](ONC(=O)[C@@H]2CC[C@@H]3CN2C(=O)N3O)C1. The second-order valence-electron chi connectivity index (χ2n) is 8.61. The number of aliphatic imine (C=N–C) groups is 1. The molecule has 29 heavy (non-hydrogen) atoms. The molecule has 4 amide bonds. The molecule has 0 aliphatic carbocycles. The molecule has 11 nitrogen and oxygen atoms in total. The molecule has 0 spiro atoms.